The van der Waals surface area contributed by atoms with Crippen LogP contribution >= 0.6 is 11.6 Å². The van der Waals surface area contributed by atoms with Crippen molar-refractivity contribution in [2.24, 2.45) is 7.05 Å². The van der Waals surface area contributed by atoms with Gasteiger partial charge in [-0.2, -0.15) is 4.31 Å². The van der Waals surface area contributed by atoms with Gasteiger partial charge in [0.1, 0.15) is 17.6 Å². The van der Waals surface area contributed by atoms with E-state index in [9.17, 15) is 21.6 Å². The Morgan fingerprint density at radius 2 is 1.70 bits per heavy atom. The van der Waals surface area contributed by atoms with E-state index in [-0.39, 0.29) is 4.90 Å². The van der Waals surface area contributed by atoms with E-state index in [0.29, 0.717) is 16.4 Å². The molecule has 1 heterocycles. The van der Waals surface area contributed by atoms with Crippen LogP contribution in [0.3, 0.4) is 0 Å². The molecule has 0 spiro atoms. The highest BCUT2D eigenvalue weighted by Crippen LogP contribution is 2.32. The molecule has 0 saturated heterocycles. The van der Waals surface area contributed by atoms with Gasteiger partial charge in [-0.25, -0.2) is 13.4 Å². The summed E-state index contributed by atoms with van der Waals surface area (Å²) < 4.78 is 70.1. The normalized spacial score (nSPS) is 13.4. The van der Waals surface area contributed by atoms with Crippen molar-refractivity contribution >= 4 is 21.6 Å². The molecule has 0 aliphatic heterocycles. The predicted octanol–water partition coefficient (Wildman–Crippen LogP) is 4.38. The van der Waals surface area contributed by atoms with E-state index < -0.39 is 28.2 Å². The number of imidazole rings is 1. The Morgan fingerprint density at radius 3 is 2.20 bits per heavy atom. The molecule has 0 fully saturated rings. The summed E-state index contributed by atoms with van der Waals surface area (Å²) >= 11 is 5.95. The Hall–Kier alpha value is -2.56. The van der Waals surface area contributed by atoms with Crippen LogP contribution in [0, 0.1) is 0 Å². The number of sulfonamides is 1. The highest BCUT2D eigenvalue weighted by Gasteiger charge is 2.34. The second-order valence-electron chi connectivity index (χ2n) is 6.39. The van der Waals surface area contributed by atoms with Gasteiger partial charge in [0.2, 0.25) is 10.0 Å². The van der Waals surface area contributed by atoms with Gasteiger partial charge in [-0.1, -0.05) is 23.7 Å². The van der Waals surface area contributed by atoms with Crippen molar-refractivity contribution in [1.82, 2.24) is 13.9 Å². The maximum Gasteiger partial charge on any atom is 0.573 e. The molecule has 1 unspecified atom stereocenters. The van der Waals surface area contributed by atoms with Crippen molar-refractivity contribution in [2.45, 2.75) is 17.3 Å². The van der Waals surface area contributed by atoms with Gasteiger partial charge in [0, 0.05) is 31.5 Å². The predicted molar refractivity (Wildman–Crippen MR) is 105 cm³/mol. The largest absolute Gasteiger partial charge is 0.573 e. The van der Waals surface area contributed by atoms with E-state index >= 15 is 0 Å². The molecule has 0 bridgehead atoms. The second kappa shape index (κ2) is 8.29. The Kier molecular flexibility index (Phi) is 6.11. The van der Waals surface area contributed by atoms with Crippen LogP contribution in [0.25, 0.3) is 0 Å². The molecule has 0 aliphatic rings. The van der Waals surface area contributed by atoms with Gasteiger partial charge in [-0.15, -0.1) is 13.2 Å². The van der Waals surface area contributed by atoms with Gasteiger partial charge in [0.15, 0.2) is 0 Å². The monoisotopic (exact) mass is 459 g/mol. The lowest BCUT2D eigenvalue weighted by Crippen LogP contribution is -2.33. The van der Waals surface area contributed by atoms with E-state index in [0.717, 1.165) is 28.6 Å². The third-order valence-electron chi connectivity index (χ3n) is 4.39. The van der Waals surface area contributed by atoms with Crippen LogP contribution in [-0.4, -0.2) is 35.7 Å². The van der Waals surface area contributed by atoms with E-state index in [1.807, 2.05) is 0 Å². The molecule has 0 saturated carbocycles. The first-order chi connectivity index (χ1) is 14.0. The number of ether oxygens (including phenoxy) is 1. The van der Waals surface area contributed by atoms with Gasteiger partial charge in [-0.05, 0) is 42.0 Å². The average molecular weight is 460 g/mol. The van der Waals surface area contributed by atoms with Crippen LogP contribution in [0.15, 0.2) is 65.8 Å². The molecular weight excluding hydrogens is 443 g/mol. The molecule has 11 heteroatoms. The number of hydrogen-bond acceptors (Lipinski definition) is 4. The topological polar surface area (TPSA) is 64.4 Å². The molecule has 2 aromatic carbocycles. The van der Waals surface area contributed by atoms with E-state index in [1.54, 1.807) is 48.3 Å². The molecule has 0 N–H and O–H groups in total. The number of halogens is 4. The van der Waals surface area contributed by atoms with Crippen molar-refractivity contribution in [2.75, 3.05) is 7.05 Å². The molecule has 160 valence electrons. The standard InChI is InChI=1S/C19H17ClF3N3O3S/c1-25-12-11-24-18(25)17(13-3-5-14(20)6-4-13)26(2)30(27,28)16-9-7-15(8-10-16)29-19(21,22)23/h3-12,17H,1-2H3. The van der Waals surface area contributed by atoms with Crippen molar-refractivity contribution in [3.8, 4) is 5.75 Å². The fraction of sp³-hybridized carbons (Fsp3) is 0.211. The zero-order valence-electron chi connectivity index (χ0n) is 15.8. The van der Waals surface area contributed by atoms with Crippen molar-refractivity contribution in [3.63, 3.8) is 0 Å². The van der Waals surface area contributed by atoms with E-state index in [4.69, 9.17) is 11.6 Å². The first kappa shape index (κ1) is 22.1. The molecule has 0 aliphatic carbocycles. The highest BCUT2D eigenvalue weighted by atomic mass is 35.5. The number of aromatic nitrogens is 2. The molecule has 30 heavy (non-hydrogen) atoms. The maximum absolute atomic E-state index is 13.2. The van der Waals surface area contributed by atoms with Gasteiger partial charge in [0.25, 0.3) is 0 Å². The first-order valence-electron chi connectivity index (χ1n) is 8.55. The van der Waals surface area contributed by atoms with E-state index in [2.05, 4.69) is 9.72 Å². The summed E-state index contributed by atoms with van der Waals surface area (Å²) in [7, 11) is -0.980. The zero-order chi connectivity index (χ0) is 22.1. The number of hydrogen-bond donors (Lipinski definition) is 0. The SMILES string of the molecule is CN(C(c1ccc(Cl)cc1)c1nccn1C)S(=O)(=O)c1ccc(OC(F)(F)F)cc1. The second-order valence-corrected chi connectivity index (χ2v) is 8.82. The van der Waals surface area contributed by atoms with Crippen LogP contribution in [0.2, 0.25) is 5.02 Å². The zero-order valence-corrected chi connectivity index (χ0v) is 17.4. The van der Waals surface area contributed by atoms with Crippen molar-refractivity contribution < 1.29 is 26.3 Å². The first-order valence-corrected chi connectivity index (χ1v) is 10.4. The quantitative estimate of drug-likeness (QED) is 0.548. The fourth-order valence-corrected chi connectivity index (χ4v) is 4.36. The summed E-state index contributed by atoms with van der Waals surface area (Å²) in [6, 6.07) is 9.88. The summed E-state index contributed by atoms with van der Waals surface area (Å²) in [6.45, 7) is 0. The third-order valence-corrected chi connectivity index (χ3v) is 6.48. The third kappa shape index (κ3) is 4.77. The van der Waals surface area contributed by atoms with E-state index in [1.165, 1.54) is 7.05 Å². The van der Waals surface area contributed by atoms with Crippen LogP contribution in [0.1, 0.15) is 17.4 Å². The Morgan fingerprint density at radius 1 is 1.10 bits per heavy atom. The smallest absolute Gasteiger partial charge is 0.406 e. The molecule has 3 aromatic rings. The molecule has 6 nitrogen and oxygen atoms in total. The lowest BCUT2D eigenvalue weighted by Gasteiger charge is -2.27. The molecular formula is C19H17ClF3N3O3S. The summed E-state index contributed by atoms with van der Waals surface area (Å²) in [5, 5.41) is 0.489. The molecule has 1 aromatic heterocycles. The number of nitrogens with zero attached hydrogens (tertiary/aromatic N) is 3. The average Bonchev–Trinajstić information content (AvgIpc) is 3.08. The Labute approximate surface area is 176 Å². The minimum absolute atomic E-state index is 0.187. The van der Waals surface area contributed by atoms with Gasteiger partial charge in [0.05, 0.1) is 4.90 Å². The Bertz CT molecular complexity index is 1110. The minimum Gasteiger partial charge on any atom is -0.406 e. The lowest BCUT2D eigenvalue weighted by molar-refractivity contribution is -0.274. The summed E-state index contributed by atoms with van der Waals surface area (Å²) in [6.07, 6.45) is -1.64. The number of alkyl halides is 3. The van der Waals surface area contributed by atoms with Crippen LogP contribution in [0.5, 0.6) is 5.75 Å². The minimum atomic E-state index is -4.87. The van der Waals surface area contributed by atoms with Crippen LogP contribution in [0.4, 0.5) is 13.2 Å². The van der Waals surface area contributed by atoms with Gasteiger partial charge < -0.3 is 9.30 Å². The number of benzene rings is 2. The van der Waals surface area contributed by atoms with Crippen LogP contribution in [-0.2, 0) is 17.1 Å². The summed E-state index contributed by atoms with van der Waals surface area (Å²) in [4.78, 5) is 4.09. The van der Waals surface area contributed by atoms with Crippen molar-refractivity contribution in [1.29, 1.82) is 0 Å². The molecule has 1 atom stereocenters. The lowest BCUT2D eigenvalue weighted by atomic mass is 10.1. The van der Waals surface area contributed by atoms with Gasteiger partial charge in [-0.3, -0.25) is 0 Å². The fourth-order valence-electron chi connectivity index (χ4n) is 2.93. The number of rotatable bonds is 6. The molecule has 3 rings (SSSR count). The van der Waals surface area contributed by atoms with Crippen molar-refractivity contribution in [3.05, 3.63) is 77.3 Å². The highest BCUT2D eigenvalue weighted by molar-refractivity contribution is 7.89. The maximum atomic E-state index is 13.2. The van der Waals surface area contributed by atoms with Crippen LogP contribution < -0.4 is 4.74 Å². The molecule has 0 radical (unpaired) electrons. The summed E-state index contributed by atoms with van der Waals surface area (Å²) in [5.74, 6) is -0.0529. The Balaban J connectivity index is 2.00. The van der Waals surface area contributed by atoms with Gasteiger partial charge >= 0.3 is 6.36 Å². The number of aryl methyl sites for hydroxylation is 1. The molecule has 0 amide bonds. The summed E-state index contributed by atoms with van der Waals surface area (Å²) in [5.41, 5.74) is 0.622.